The molecule has 0 radical (unpaired) electrons. The van der Waals surface area contributed by atoms with Crippen LogP contribution in [0.5, 0.6) is 0 Å². The molecule has 7 nitrogen and oxygen atoms in total. The number of β-amino-alcohol motifs (C(OH)–C–C–N with tert-alkyl or cyclic N) is 1. The molecule has 2 N–H and O–H groups in total. The van der Waals surface area contributed by atoms with Gasteiger partial charge < -0.3 is 14.7 Å². The van der Waals surface area contributed by atoms with Crippen LogP contribution in [0, 0.1) is 13.8 Å². The van der Waals surface area contributed by atoms with E-state index >= 15 is 0 Å². The molecule has 2 aliphatic rings. The first-order chi connectivity index (χ1) is 11.6. The standard InChI is InChI=1S/C17H28N4O3/c1-12-13(2)18-19-14(12)3-4-17(23)21-6-5-15(16(22)11-21)20-7-9-24-10-8-20/h15-16,22H,3-11H2,1-2H3,(H,18,19)/t15-,16-/m0/s1. The fraction of sp³-hybridized carbons (Fsp3) is 0.765. The van der Waals surface area contributed by atoms with Gasteiger partial charge in [0.15, 0.2) is 0 Å². The van der Waals surface area contributed by atoms with Gasteiger partial charge in [-0.25, -0.2) is 0 Å². The van der Waals surface area contributed by atoms with Gasteiger partial charge in [0.25, 0.3) is 0 Å². The van der Waals surface area contributed by atoms with Crippen LogP contribution in [0.1, 0.15) is 29.8 Å². The maximum atomic E-state index is 12.5. The third-order valence-electron chi connectivity index (χ3n) is 5.34. The molecule has 0 aliphatic carbocycles. The number of hydrogen-bond donors (Lipinski definition) is 2. The molecule has 1 amide bonds. The lowest BCUT2D eigenvalue weighted by Crippen LogP contribution is -2.57. The Morgan fingerprint density at radius 3 is 2.71 bits per heavy atom. The zero-order valence-electron chi connectivity index (χ0n) is 14.6. The molecular weight excluding hydrogens is 308 g/mol. The molecule has 1 aromatic heterocycles. The second-order valence-corrected chi connectivity index (χ2v) is 6.83. The predicted molar refractivity (Wildman–Crippen MR) is 89.8 cm³/mol. The van der Waals surface area contributed by atoms with E-state index in [0.29, 0.717) is 19.4 Å². The molecule has 7 heteroatoms. The van der Waals surface area contributed by atoms with Crippen LogP contribution in [0.25, 0.3) is 0 Å². The molecule has 2 atom stereocenters. The van der Waals surface area contributed by atoms with Crippen molar-refractivity contribution in [3.05, 3.63) is 17.0 Å². The lowest BCUT2D eigenvalue weighted by atomic mass is 9.99. The molecule has 0 bridgehead atoms. The summed E-state index contributed by atoms with van der Waals surface area (Å²) in [6.07, 6.45) is 1.44. The van der Waals surface area contributed by atoms with Crippen molar-refractivity contribution in [2.45, 2.75) is 45.3 Å². The highest BCUT2D eigenvalue weighted by Crippen LogP contribution is 2.20. The Hall–Kier alpha value is -1.44. The minimum Gasteiger partial charge on any atom is -0.390 e. The van der Waals surface area contributed by atoms with Gasteiger partial charge in [0.1, 0.15) is 0 Å². The summed E-state index contributed by atoms with van der Waals surface area (Å²) >= 11 is 0. The molecule has 0 aromatic carbocycles. The number of amides is 1. The molecule has 2 saturated heterocycles. The summed E-state index contributed by atoms with van der Waals surface area (Å²) in [5.41, 5.74) is 3.15. The molecule has 3 heterocycles. The van der Waals surface area contributed by atoms with Crippen molar-refractivity contribution < 1.29 is 14.6 Å². The number of ether oxygens (including phenoxy) is 1. The smallest absolute Gasteiger partial charge is 0.223 e. The highest BCUT2D eigenvalue weighted by atomic mass is 16.5. The number of aromatic amines is 1. The second kappa shape index (κ2) is 7.63. The van der Waals surface area contributed by atoms with E-state index in [2.05, 4.69) is 15.1 Å². The Morgan fingerprint density at radius 1 is 1.33 bits per heavy atom. The number of likely N-dealkylation sites (tertiary alicyclic amines) is 1. The summed E-state index contributed by atoms with van der Waals surface area (Å²) in [5, 5.41) is 17.7. The van der Waals surface area contributed by atoms with Crippen molar-refractivity contribution in [1.82, 2.24) is 20.0 Å². The van der Waals surface area contributed by atoms with Crippen LogP contribution in [0.3, 0.4) is 0 Å². The van der Waals surface area contributed by atoms with Crippen LogP contribution in [-0.2, 0) is 16.0 Å². The van der Waals surface area contributed by atoms with Crippen LogP contribution in [0.2, 0.25) is 0 Å². The van der Waals surface area contributed by atoms with Gasteiger partial charge >= 0.3 is 0 Å². The molecule has 0 spiro atoms. The highest BCUT2D eigenvalue weighted by Gasteiger charge is 2.34. The van der Waals surface area contributed by atoms with Gasteiger partial charge in [0.2, 0.25) is 5.91 Å². The number of aromatic nitrogens is 2. The molecule has 2 aliphatic heterocycles. The van der Waals surface area contributed by atoms with Gasteiger partial charge in [-0.3, -0.25) is 14.8 Å². The number of hydrogen-bond acceptors (Lipinski definition) is 5. The molecular formula is C17H28N4O3. The number of rotatable bonds is 4. The van der Waals surface area contributed by atoms with Crippen molar-refractivity contribution in [2.75, 3.05) is 39.4 Å². The maximum absolute atomic E-state index is 12.5. The first kappa shape index (κ1) is 17.4. The molecule has 0 unspecified atom stereocenters. The van der Waals surface area contributed by atoms with Gasteiger partial charge in [0.05, 0.1) is 25.0 Å². The maximum Gasteiger partial charge on any atom is 0.223 e. The third kappa shape index (κ3) is 3.79. The van der Waals surface area contributed by atoms with E-state index in [1.54, 1.807) is 4.90 Å². The van der Waals surface area contributed by atoms with Crippen molar-refractivity contribution in [3.63, 3.8) is 0 Å². The number of aliphatic hydroxyl groups excluding tert-OH is 1. The summed E-state index contributed by atoms with van der Waals surface area (Å²) in [5.74, 6) is 0.106. The Labute approximate surface area is 143 Å². The molecule has 2 fully saturated rings. The van der Waals surface area contributed by atoms with Gasteiger partial charge in [-0.15, -0.1) is 0 Å². The normalized spacial score (nSPS) is 25.9. The average Bonchev–Trinajstić information content (AvgIpc) is 2.92. The van der Waals surface area contributed by atoms with E-state index in [1.165, 1.54) is 0 Å². The lowest BCUT2D eigenvalue weighted by molar-refractivity contribution is -0.137. The van der Waals surface area contributed by atoms with Crippen molar-refractivity contribution in [1.29, 1.82) is 0 Å². The Morgan fingerprint density at radius 2 is 2.08 bits per heavy atom. The van der Waals surface area contributed by atoms with Crippen LogP contribution in [0.4, 0.5) is 0 Å². The topological polar surface area (TPSA) is 81.7 Å². The quantitative estimate of drug-likeness (QED) is 0.824. The minimum atomic E-state index is -0.477. The van der Waals surface area contributed by atoms with Crippen molar-refractivity contribution in [3.8, 4) is 0 Å². The summed E-state index contributed by atoms with van der Waals surface area (Å²) < 4.78 is 5.37. The summed E-state index contributed by atoms with van der Waals surface area (Å²) in [7, 11) is 0. The van der Waals surface area contributed by atoms with Gasteiger partial charge in [-0.05, 0) is 25.8 Å². The SMILES string of the molecule is Cc1[nH]nc(CCC(=O)N2CC[C@H](N3CCOCC3)[C@@H](O)C2)c1C. The number of piperidine rings is 1. The number of H-pyrrole nitrogens is 1. The summed E-state index contributed by atoms with van der Waals surface area (Å²) in [6, 6.07) is 0.147. The number of aryl methyl sites for hydroxylation is 2. The van der Waals surface area contributed by atoms with Crippen LogP contribution in [-0.4, -0.2) is 82.5 Å². The number of morpholine rings is 1. The number of nitrogens with one attached hydrogen (secondary N) is 1. The highest BCUT2D eigenvalue weighted by molar-refractivity contribution is 5.76. The fourth-order valence-corrected chi connectivity index (χ4v) is 3.64. The Balaban J connectivity index is 1.49. The van der Waals surface area contributed by atoms with Gasteiger partial charge in [-0.1, -0.05) is 0 Å². The van der Waals surface area contributed by atoms with E-state index in [1.807, 2.05) is 13.8 Å². The number of aliphatic hydroxyl groups is 1. The molecule has 134 valence electrons. The third-order valence-corrected chi connectivity index (χ3v) is 5.34. The molecule has 3 rings (SSSR count). The van der Waals surface area contributed by atoms with E-state index in [4.69, 9.17) is 4.74 Å². The van der Waals surface area contributed by atoms with Crippen LogP contribution < -0.4 is 0 Å². The zero-order valence-corrected chi connectivity index (χ0v) is 14.6. The van der Waals surface area contributed by atoms with Gasteiger partial charge in [-0.2, -0.15) is 5.10 Å². The molecule has 1 aromatic rings. The second-order valence-electron chi connectivity index (χ2n) is 6.83. The molecule has 24 heavy (non-hydrogen) atoms. The monoisotopic (exact) mass is 336 g/mol. The minimum absolute atomic E-state index is 0.106. The Bertz CT molecular complexity index is 568. The zero-order chi connectivity index (χ0) is 17.1. The number of nitrogens with zero attached hydrogens (tertiary/aromatic N) is 3. The van der Waals surface area contributed by atoms with Crippen LogP contribution in [0.15, 0.2) is 0 Å². The van der Waals surface area contributed by atoms with E-state index in [-0.39, 0.29) is 11.9 Å². The van der Waals surface area contributed by atoms with Gasteiger partial charge in [0, 0.05) is 50.8 Å². The van der Waals surface area contributed by atoms with E-state index < -0.39 is 6.10 Å². The first-order valence-electron chi connectivity index (χ1n) is 8.84. The van der Waals surface area contributed by atoms with E-state index in [9.17, 15) is 9.90 Å². The number of carbonyl (C=O) groups excluding carboxylic acids is 1. The van der Waals surface area contributed by atoms with E-state index in [0.717, 1.165) is 56.2 Å². The predicted octanol–water partition coefficient (Wildman–Crippen LogP) is 0.253. The first-order valence-corrected chi connectivity index (χ1v) is 8.84. The average molecular weight is 336 g/mol. The van der Waals surface area contributed by atoms with Crippen molar-refractivity contribution >= 4 is 5.91 Å². The molecule has 0 saturated carbocycles. The van der Waals surface area contributed by atoms with Crippen LogP contribution >= 0.6 is 0 Å². The summed E-state index contributed by atoms with van der Waals surface area (Å²) in [4.78, 5) is 16.6. The Kier molecular flexibility index (Phi) is 5.53. The summed E-state index contributed by atoms with van der Waals surface area (Å²) in [6.45, 7) is 8.36. The largest absolute Gasteiger partial charge is 0.390 e. The fourth-order valence-electron chi connectivity index (χ4n) is 3.64. The van der Waals surface area contributed by atoms with Crippen molar-refractivity contribution in [2.24, 2.45) is 0 Å². The number of carbonyl (C=O) groups is 1. The lowest BCUT2D eigenvalue weighted by Gasteiger charge is -2.43.